The third kappa shape index (κ3) is 5.34. The van der Waals surface area contributed by atoms with Gasteiger partial charge >= 0.3 is 0 Å². The monoisotopic (exact) mass is 464 g/mol. The highest BCUT2D eigenvalue weighted by Crippen LogP contribution is 2.23. The molecule has 1 aliphatic rings. The number of hydrogen-bond donors (Lipinski definition) is 2. The molecular formula is C25H28N4O3S. The zero-order chi connectivity index (χ0) is 23.4. The van der Waals surface area contributed by atoms with Gasteiger partial charge in [0, 0.05) is 25.8 Å². The number of anilines is 2. The molecule has 0 radical (unpaired) electrons. The number of carbonyl (C=O) groups excluding carboxylic acids is 1. The van der Waals surface area contributed by atoms with Crippen LogP contribution >= 0.6 is 0 Å². The fraction of sp³-hybridized carbons (Fsp3) is 0.280. The zero-order valence-corrected chi connectivity index (χ0v) is 19.7. The Bertz CT molecular complexity index is 1250. The third-order valence-electron chi connectivity index (χ3n) is 5.74. The second-order valence-corrected chi connectivity index (χ2v) is 9.97. The molecule has 0 bridgehead atoms. The summed E-state index contributed by atoms with van der Waals surface area (Å²) >= 11 is 0. The normalized spacial score (nSPS) is 13.7. The van der Waals surface area contributed by atoms with Crippen molar-refractivity contribution in [3.8, 4) is 0 Å². The van der Waals surface area contributed by atoms with Crippen molar-refractivity contribution in [3.63, 3.8) is 0 Å². The number of amides is 1. The van der Waals surface area contributed by atoms with E-state index in [2.05, 4.69) is 19.9 Å². The Hall–Kier alpha value is -3.39. The number of para-hydroxylation sites is 1. The minimum Gasteiger partial charge on any atom is -0.357 e. The van der Waals surface area contributed by atoms with Crippen molar-refractivity contribution in [2.75, 3.05) is 22.7 Å². The summed E-state index contributed by atoms with van der Waals surface area (Å²) in [5.41, 5.74) is 2.85. The summed E-state index contributed by atoms with van der Waals surface area (Å²) in [4.78, 5) is 19.8. The average molecular weight is 465 g/mol. The maximum absolute atomic E-state index is 13.0. The molecule has 2 heterocycles. The summed E-state index contributed by atoms with van der Waals surface area (Å²) in [6, 6.07) is 15.8. The molecule has 4 rings (SSSR count). The van der Waals surface area contributed by atoms with Gasteiger partial charge in [0.25, 0.3) is 15.9 Å². The Morgan fingerprint density at radius 2 is 1.79 bits per heavy atom. The van der Waals surface area contributed by atoms with Crippen LogP contribution in [0.3, 0.4) is 0 Å². The highest BCUT2D eigenvalue weighted by Gasteiger charge is 2.20. The van der Waals surface area contributed by atoms with Gasteiger partial charge in [-0.3, -0.25) is 9.52 Å². The van der Waals surface area contributed by atoms with E-state index in [1.165, 1.54) is 12.8 Å². The van der Waals surface area contributed by atoms with Crippen molar-refractivity contribution >= 4 is 27.4 Å². The third-order valence-corrected chi connectivity index (χ3v) is 7.25. The molecule has 1 amide bonds. The van der Waals surface area contributed by atoms with E-state index in [4.69, 9.17) is 0 Å². The summed E-state index contributed by atoms with van der Waals surface area (Å²) < 4.78 is 28.6. The average Bonchev–Trinajstić information content (AvgIpc) is 3.34. The van der Waals surface area contributed by atoms with Gasteiger partial charge in [0.05, 0.1) is 16.1 Å². The fourth-order valence-corrected chi connectivity index (χ4v) is 5.31. The first-order chi connectivity index (χ1) is 15.8. The standard InChI is InChI=1S/C25H28N4O3S/c1-18-9-10-19(2)23(15-18)33(31,32)28-22-8-4-3-7-21(22)25(30)27-17-20-11-12-24(26-16-20)29-13-5-6-14-29/h3-4,7-12,15-16,28H,5-6,13-14,17H2,1-2H3,(H,27,30). The first-order valence-electron chi connectivity index (χ1n) is 11.0. The first-order valence-corrected chi connectivity index (χ1v) is 12.5. The van der Waals surface area contributed by atoms with E-state index >= 15 is 0 Å². The number of pyridine rings is 1. The number of carbonyl (C=O) groups is 1. The molecule has 7 nitrogen and oxygen atoms in total. The molecule has 2 aromatic carbocycles. The molecule has 0 spiro atoms. The van der Waals surface area contributed by atoms with Gasteiger partial charge in [-0.05, 0) is 67.6 Å². The number of rotatable bonds is 7. The smallest absolute Gasteiger partial charge is 0.262 e. The maximum Gasteiger partial charge on any atom is 0.262 e. The van der Waals surface area contributed by atoms with Gasteiger partial charge < -0.3 is 10.2 Å². The molecule has 0 atom stereocenters. The molecule has 0 unspecified atom stereocenters. The molecule has 1 saturated heterocycles. The number of sulfonamides is 1. The molecule has 8 heteroatoms. The largest absolute Gasteiger partial charge is 0.357 e. The van der Waals surface area contributed by atoms with Crippen LogP contribution in [0.4, 0.5) is 11.5 Å². The summed E-state index contributed by atoms with van der Waals surface area (Å²) in [6.45, 7) is 5.93. The van der Waals surface area contributed by atoms with Crippen LogP contribution in [-0.4, -0.2) is 32.4 Å². The number of aromatic nitrogens is 1. The summed E-state index contributed by atoms with van der Waals surface area (Å²) in [7, 11) is -3.85. The Labute approximate surface area is 194 Å². The van der Waals surface area contributed by atoms with Gasteiger partial charge in [0.2, 0.25) is 0 Å². The van der Waals surface area contributed by atoms with Crippen LogP contribution in [0.5, 0.6) is 0 Å². The lowest BCUT2D eigenvalue weighted by molar-refractivity contribution is 0.0952. The van der Waals surface area contributed by atoms with Crippen molar-refractivity contribution in [2.45, 2.75) is 38.1 Å². The Morgan fingerprint density at radius 3 is 2.52 bits per heavy atom. The van der Waals surface area contributed by atoms with Crippen LogP contribution in [0.15, 0.2) is 65.7 Å². The van der Waals surface area contributed by atoms with Crippen molar-refractivity contribution in [3.05, 3.63) is 83.0 Å². The SMILES string of the molecule is Cc1ccc(C)c(S(=O)(=O)Nc2ccccc2C(=O)NCc2ccc(N3CCCC3)nc2)c1. The van der Waals surface area contributed by atoms with Crippen LogP contribution < -0.4 is 14.9 Å². The summed E-state index contributed by atoms with van der Waals surface area (Å²) in [6.07, 6.45) is 4.14. The van der Waals surface area contributed by atoms with E-state index in [-0.39, 0.29) is 22.1 Å². The Kier molecular flexibility index (Phi) is 6.65. The molecule has 2 N–H and O–H groups in total. The van der Waals surface area contributed by atoms with E-state index in [1.807, 2.05) is 25.1 Å². The second-order valence-electron chi connectivity index (χ2n) is 8.32. The molecule has 1 aliphatic heterocycles. The Balaban J connectivity index is 1.46. The van der Waals surface area contributed by atoms with Crippen LogP contribution in [0, 0.1) is 13.8 Å². The van der Waals surface area contributed by atoms with E-state index in [0.29, 0.717) is 12.1 Å². The van der Waals surface area contributed by atoms with Crippen LogP contribution in [-0.2, 0) is 16.6 Å². The topological polar surface area (TPSA) is 91.4 Å². The lowest BCUT2D eigenvalue weighted by atomic mass is 10.1. The fourth-order valence-electron chi connectivity index (χ4n) is 3.90. The van der Waals surface area contributed by atoms with Crippen LogP contribution in [0.2, 0.25) is 0 Å². The number of nitrogens with zero attached hydrogens (tertiary/aromatic N) is 2. The number of nitrogens with one attached hydrogen (secondary N) is 2. The van der Waals surface area contributed by atoms with Gasteiger partial charge in [0.1, 0.15) is 5.82 Å². The Morgan fingerprint density at radius 1 is 1.03 bits per heavy atom. The molecule has 0 saturated carbocycles. The van der Waals surface area contributed by atoms with E-state index in [1.54, 1.807) is 49.5 Å². The van der Waals surface area contributed by atoms with Gasteiger partial charge in [-0.1, -0.05) is 30.3 Å². The van der Waals surface area contributed by atoms with E-state index in [0.717, 1.165) is 30.0 Å². The van der Waals surface area contributed by atoms with E-state index < -0.39 is 10.0 Å². The van der Waals surface area contributed by atoms with Crippen molar-refractivity contribution in [1.29, 1.82) is 0 Å². The quantitative estimate of drug-likeness (QED) is 0.551. The summed E-state index contributed by atoms with van der Waals surface area (Å²) in [5.74, 6) is 0.589. The maximum atomic E-state index is 13.0. The molecular weight excluding hydrogens is 436 g/mol. The number of hydrogen-bond acceptors (Lipinski definition) is 5. The second kappa shape index (κ2) is 9.62. The van der Waals surface area contributed by atoms with Gasteiger partial charge in [-0.25, -0.2) is 13.4 Å². The molecule has 172 valence electrons. The van der Waals surface area contributed by atoms with Gasteiger partial charge in [-0.2, -0.15) is 0 Å². The number of benzene rings is 2. The minimum atomic E-state index is -3.85. The highest BCUT2D eigenvalue weighted by atomic mass is 32.2. The zero-order valence-electron chi connectivity index (χ0n) is 18.8. The first kappa shape index (κ1) is 22.8. The predicted octanol–water partition coefficient (Wildman–Crippen LogP) is 4.03. The van der Waals surface area contributed by atoms with Gasteiger partial charge in [0.15, 0.2) is 0 Å². The molecule has 3 aromatic rings. The summed E-state index contributed by atoms with van der Waals surface area (Å²) in [5, 5.41) is 2.86. The van der Waals surface area contributed by atoms with E-state index in [9.17, 15) is 13.2 Å². The van der Waals surface area contributed by atoms with Crippen molar-refractivity contribution in [2.24, 2.45) is 0 Å². The van der Waals surface area contributed by atoms with Crippen molar-refractivity contribution < 1.29 is 13.2 Å². The van der Waals surface area contributed by atoms with Crippen LogP contribution in [0.1, 0.15) is 39.9 Å². The van der Waals surface area contributed by atoms with Crippen LogP contribution in [0.25, 0.3) is 0 Å². The molecule has 0 aliphatic carbocycles. The van der Waals surface area contributed by atoms with Crippen molar-refractivity contribution in [1.82, 2.24) is 10.3 Å². The molecule has 33 heavy (non-hydrogen) atoms. The lowest BCUT2D eigenvalue weighted by Crippen LogP contribution is -2.25. The highest BCUT2D eigenvalue weighted by molar-refractivity contribution is 7.92. The van der Waals surface area contributed by atoms with Gasteiger partial charge in [-0.15, -0.1) is 0 Å². The molecule has 1 aromatic heterocycles. The lowest BCUT2D eigenvalue weighted by Gasteiger charge is -2.16. The molecule has 1 fully saturated rings. The minimum absolute atomic E-state index is 0.196. The number of aryl methyl sites for hydroxylation is 2. The predicted molar refractivity (Wildman–Crippen MR) is 130 cm³/mol.